The Bertz CT molecular complexity index is 1250. The summed E-state index contributed by atoms with van der Waals surface area (Å²) in [5, 5.41) is 0. The average molecular weight is 549 g/mol. The second kappa shape index (κ2) is 11.3. The Morgan fingerprint density at radius 1 is 0.795 bits per heavy atom. The molecule has 0 spiro atoms. The van der Waals surface area contributed by atoms with Gasteiger partial charge in [-0.1, -0.05) is 42.5 Å². The molecule has 1 saturated heterocycles. The van der Waals surface area contributed by atoms with Crippen molar-refractivity contribution in [1.82, 2.24) is 4.90 Å². The molecule has 2 atom stereocenters. The van der Waals surface area contributed by atoms with Crippen LogP contribution in [0.2, 0.25) is 0 Å². The Labute approximate surface area is 224 Å². The first-order valence-electron chi connectivity index (χ1n) is 12.9. The third-order valence-corrected chi connectivity index (χ3v) is 7.39. The van der Waals surface area contributed by atoms with Gasteiger partial charge in [0.15, 0.2) is 0 Å². The number of hydrogen-bond donors (Lipinski definition) is 0. The lowest BCUT2D eigenvalue weighted by atomic mass is 9.76. The molecule has 1 aliphatic rings. The summed E-state index contributed by atoms with van der Waals surface area (Å²) in [4.78, 5) is 17.0. The van der Waals surface area contributed by atoms with E-state index in [-0.39, 0.29) is 31.0 Å². The molecule has 208 valence electrons. The minimum Gasteiger partial charge on any atom is -0.372 e. The number of piperidine rings is 1. The van der Waals surface area contributed by atoms with Crippen LogP contribution in [0.1, 0.15) is 64.7 Å². The first kappa shape index (κ1) is 28.5. The van der Waals surface area contributed by atoms with E-state index in [0.29, 0.717) is 18.6 Å². The largest absolute Gasteiger partial charge is 0.416 e. The Morgan fingerprint density at radius 2 is 1.38 bits per heavy atom. The maximum atomic E-state index is 13.4. The third-order valence-electron chi connectivity index (χ3n) is 7.39. The van der Waals surface area contributed by atoms with Crippen LogP contribution in [0.15, 0.2) is 72.8 Å². The van der Waals surface area contributed by atoms with Crippen molar-refractivity contribution >= 4 is 11.6 Å². The van der Waals surface area contributed by atoms with E-state index in [4.69, 9.17) is 0 Å². The predicted molar refractivity (Wildman–Crippen MR) is 139 cm³/mol. The highest BCUT2D eigenvalue weighted by atomic mass is 19.4. The molecule has 1 heterocycles. The molecule has 0 unspecified atom stereocenters. The normalized spacial score (nSPS) is 18.2. The van der Waals surface area contributed by atoms with Gasteiger partial charge in [-0.25, -0.2) is 0 Å². The van der Waals surface area contributed by atoms with Gasteiger partial charge in [-0.15, -0.1) is 0 Å². The van der Waals surface area contributed by atoms with Crippen LogP contribution in [-0.4, -0.2) is 37.0 Å². The molecule has 0 aromatic heterocycles. The lowest BCUT2D eigenvalue weighted by Crippen LogP contribution is -2.42. The summed E-state index contributed by atoms with van der Waals surface area (Å²) in [5.41, 5.74) is -0.503. The molecule has 0 N–H and O–H groups in total. The zero-order valence-electron chi connectivity index (χ0n) is 21.7. The van der Waals surface area contributed by atoms with E-state index in [1.165, 1.54) is 4.90 Å². The quantitative estimate of drug-likeness (QED) is 0.292. The standard InChI is InChI=1S/C30H30F6N2O/c1-3-37(4-2)25-12-8-11-21(17-25)26-13-14-38(19-27(26)20-9-6-5-7-10-20)28(39)22-15-23(29(31,32)33)18-24(16-22)30(34,35)36/h5-12,15-18,26-27H,3-4,13-14,19H2,1-2H3/t26-,27+/m1/s1. The van der Waals surface area contributed by atoms with Crippen molar-refractivity contribution in [3.63, 3.8) is 0 Å². The number of anilines is 1. The van der Waals surface area contributed by atoms with E-state index in [9.17, 15) is 31.1 Å². The summed E-state index contributed by atoms with van der Waals surface area (Å²) in [7, 11) is 0. The molecule has 1 amide bonds. The number of benzene rings is 3. The van der Waals surface area contributed by atoms with Crippen molar-refractivity contribution in [3.8, 4) is 0 Å². The molecule has 9 heteroatoms. The van der Waals surface area contributed by atoms with E-state index < -0.39 is 35.0 Å². The summed E-state index contributed by atoms with van der Waals surface area (Å²) < 4.78 is 80.5. The first-order valence-corrected chi connectivity index (χ1v) is 12.9. The fourth-order valence-electron chi connectivity index (χ4n) is 5.38. The summed E-state index contributed by atoms with van der Waals surface area (Å²) >= 11 is 0. The third kappa shape index (κ3) is 6.40. The van der Waals surface area contributed by atoms with Gasteiger partial charge in [0.25, 0.3) is 5.91 Å². The molecule has 1 fully saturated rings. The minimum atomic E-state index is -5.02. The molecule has 0 radical (unpaired) electrons. The van der Waals surface area contributed by atoms with Gasteiger partial charge in [0.1, 0.15) is 0 Å². The summed E-state index contributed by atoms with van der Waals surface area (Å²) in [6, 6.07) is 18.7. The molecule has 0 bridgehead atoms. The lowest BCUT2D eigenvalue weighted by molar-refractivity contribution is -0.143. The second-order valence-corrected chi connectivity index (χ2v) is 9.73. The van der Waals surface area contributed by atoms with Crippen LogP contribution in [0.25, 0.3) is 0 Å². The second-order valence-electron chi connectivity index (χ2n) is 9.73. The Balaban J connectivity index is 1.69. The van der Waals surface area contributed by atoms with Gasteiger partial charge in [0.2, 0.25) is 0 Å². The highest BCUT2D eigenvalue weighted by molar-refractivity contribution is 5.95. The SMILES string of the molecule is CCN(CC)c1cccc([C@H]2CCN(C(=O)c3cc(C(F)(F)F)cc(C(F)(F)F)c3)C[C@H]2c2ccccc2)c1. The highest BCUT2D eigenvalue weighted by Gasteiger charge is 2.39. The monoisotopic (exact) mass is 548 g/mol. The molecule has 0 saturated carbocycles. The zero-order valence-corrected chi connectivity index (χ0v) is 21.7. The fraction of sp³-hybridized carbons (Fsp3) is 0.367. The Morgan fingerprint density at radius 3 is 1.95 bits per heavy atom. The van der Waals surface area contributed by atoms with E-state index in [2.05, 4.69) is 24.8 Å². The van der Waals surface area contributed by atoms with Crippen LogP contribution in [-0.2, 0) is 12.4 Å². The topological polar surface area (TPSA) is 23.6 Å². The Hall–Kier alpha value is -3.49. The van der Waals surface area contributed by atoms with E-state index in [0.717, 1.165) is 29.9 Å². The van der Waals surface area contributed by atoms with Crippen molar-refractivity contribution in [3.05, 3.63) is 101 Å². The van der Waals surface area contributed by atoms with Crippen molar-refractivity contribution < 1.29 is 31.1 Å². The number of carbonyl (C=O) groups excluding carboxylic acids is 1. The molecule has 3 aromatic carbocycles. The van der Waals surface area contributed by atoms with E-state index >= 15 is 0 Å². The molecule has 1 aliphatic heterocycles. The number of alkyl halides is 6. The van der Waals surface area contributed by atoms with Crippen molar-refractivity contribution in [2.24, 2.45) is 0 Å². The molecule has 0 aliphatic carbocycles. The van der Waals surface area contributed by atoms with Crippen LogP contribution in [0.5, 0.6) is 0 Å². The highest BCUT2D eigenvalue weighted by Crippen LogP contribution is 2.42. The van der Waals surface area contributed by atoms with Crippen LogP contribution >= 0.6 is 0 Å². The van der Waals surface area contributed by atoms with E-state index in [1.54, 1.807) is 0 Å². The van der Waals surface area contributed by atoms with Crippen molar-refractivity contribution in [1.29, 1.82) is 0 Å². The van der Waals surface area contributed by atoms with Crippen LogP contribution in [0.3, 0.4) is 0 Å². The van der Waals surface area contributed by atoms with Gasteiger partial charge in [-0.05, 0) is 67.6 Å². The summed E-state index contributed by atoms with van der Waals surface area (Å²) in [6.45, 7) is 6.20. The summed E-state index contributed by atoms with van der Waals surface area (Å²) in [5.74, 6) is -1.02. The van der Waals surface area contributed by atoms with Gasteiger partial charge in [-0.2, -0.15) is 26.3 Å². The number of hydrogen-bond acceptors (Lipinski definition) is 2. The van der Waals surface area contributed by atoms with Gasteiger partial charge >= 0.3 is 12.4 Å². The first-order chi connectivity index (χ1) is 18.4. The smallest absolute Gasteiger partial charge is 0.372 e. The lowest BCUT2D eigenvalue weighted by Gasteiger charge is -2.39. The maximum absolute atomic E-state index is 13.4. The number of rotatable bonds is 6. The van der Waals surface area contributed by atoms with Gasteiger partial charge < -0.3 is 9.80 Å². The number of carbonyl (C=O) groups is 1. The molecule has 39 heavy (non-hydrogen) atoms. The van der Waals surface area contributed by atoms with Gasteiger partial charge in [-0.3, -0.25) is 4.79 Å². The van der Waals surface area contributed by atoms with Gasteiger partial charge in [0.05, 0.1) is 11.1 Å². The van der Waals surface area contributed by atoms with E-state index in [1.807, 2.05) is 48.5 Å². The zero-order chi connectivity index (χ0) is 28.4. The fourth-order valence-corrected chi connectivity index (χ4v) is 5.38. The number of amides is 1. The van der Waals surface area contributed by atoms with Crippen molar-refractivity contribution in [2.75, 3.05) is 31.1 Å². The van der Waals surface area contributed by atoms with Crippen molar-refractivity contribution in [2.45, 2.75) is 44.5 Å². The molecule has 3 nitrogen and oxygen atoms in total. The predicted octanol–water partition coefficient (Wildman–Crippen LogP) is 7.98. The molecular weight excluding hydrogens is 518 g/mol. The van der Waals surface area contributed by atoms with Crippen LogP contribution < -0.4 is 4.90 Å². The average Bonchev–Trinajstić information content (AvgIpc) is 2.92. The molecule has 4 rings (SSSR count). The maximum Gasteiger partial charge on any atom is 0.416 e. The minimum absolute atomic E-state index is 0.0132. The number of nitrogens with zero attached hydrogens (tertiary/aromatic N) is 2. The van der Waals surface area contributed by atoms with Crippen LogP contribution in [0.4, 0.5) is 32.0 Å². The summed E-state index contributed by atoms with van der Waals surface area (Å²) in [6.07, 6.45) is -9.53. The van der Waals surface area contributed by atoms with Crippen LogP contribution in [0, 0.1) is 0 Å². The number of likely N-dealkylation sites (tertiary alicyclic amines) is 1. The van der Waals surface area contributed by atoms with Gasteiger partial charge in [0, 0.05) is 43.3 Å². The molecular formula is C30H30F6N2O. The Kier molecular flexibility index (Phi) is 8.28. The number of halogens is 6. The molecule has 3 aromatic rings.